The molecular weight excluding hydrogens is 242 g/mol. The van der Waals surface area contributed by atoms with E-state index in [4.69, 9.17) is 5.73 Å². The fourth-order valence-electron chi connectivity index (χ4n) is 1.85. The summed E-state index contributed by atoms with van der Waals surface area (Å²) in [4.78, 5) is 0.728. The largest absolute Gasteiger partial charge is 0.398 e. The van der Waals surface area contributed by atoms with E-state index < -0.39 is 10.8 Å². The lowest BCUT2D eigenvalue weighted by atomic mass is 10.2. The molecule has 2 rings (SSSR count). The van der Waals surface area contributed by atoms with Crippen LogP contribution < -0.4 is 5.73 Å². The SMILES string of the molecule is Cc1ccc(N)c(S(=O)C(C)c2ccccc2)c1. The summed E-state index contributed by atoms with van der Waals surface area (Å²) in [5.74, 6) is 0. The molecule has 0 aliphatic carbocycles. The zero-order valence-corrected chi connectivity index (χ0v) is 11.4. The van der Waals surface area contributed by atoms with Crippen LogP contribution in [0.15, 0.2) is 53.4 Å². The Labute approximate surface area is 110 Å². The lowest BCUT2D eigenvalue weighted by molar-refractivity contribution is 0.676. The summed E-state index contributed by atoms with van der Waals surface area (Å²) < 4.78 is 12.5. The summed E-state index contributed by atoms with van der Waals surface area (Å²) in [6.07, 6.45) is 0. The van der Waals surface area contributed by atoms with Gasteiger partial charge in [-0.25, -0.2) is 0 Å². The fraction of sp³-hybridized carbons (Fsp3) is 0.200. The van der Waals surface area contributed by atoms with Crippen LogP contribution in [0, 0.1) is 6.92 Å². The molecule has 2 aromatic carbocycles. The molecule has 2 N–H and O–H groups in total. The van der Waals surface area contributed by atoms with Gasteiger partial charge in [-0.05, 0) is 37.1 Å². The highest BCUT2D eigenvalue weighted by atomic mass is 32.2. The molecule has 0 radical (unpaired) electrons. The number of rotatable bonds is 3. The van der Waals surface area contributed by atoms with E-state index in [2.05, 4.69) is 0 Å². The van der Waals surface area contributed by atoms with Crippen LogP contribution in [0.4, 0.5) is 5.69 Å². The quantitative estimate of drug-likeness (QED) is 0.858. The third-order valence-electron chi connectivity index (χ3n) is 2.98. The van der Waals surface area contributed by atoms with E-state index in [9.17, 15) is 4.21 Å². The van der Waals surface area contributed by atoms with Gasteiger partial charge in [0.25, 0.3) is 0 Å². The second kappa shape index (κ2) is 5.36. The first-order valence-electron chi connectivity index (χ1n) is 5.91. The maximum Gasteiger partial charge on any atom is 0.0626 e. The van der Waals surface area contributed by atoms with Crippen molar-refractivity contribution >= 4 is 16.5 Å². The molecule has 3 heteroatoms. The predicted octanol–water partition coefficient (Wildman–Crippen LogP) is 3.45. The topological polar surface area (TPSA) is 43.1 Å². The minimum absolute atomic E-state index is 0.0599. The first kappa shape index (κ1) is 12.8. The highest BCUT2D eigenvalue weighted by Crippen LogP contribution is 2.28. The monoisotopic (exact) mass is 259 g/mol. The first-order chi connectivity index (χ1) is 8.59. The number of nitrogens with two attached hydrogens (primary N) is 1. The molecule has 0 fully saturated rings. The Morgan fingerprint density at radius 2 is 1.78 bits per heavy atom. The number of hydrogen-bond donors (Lipinski definition) is 1. The molecular formula is C15H17NOS. The van der Waals surface area contributed by atoms with Gasteiger partial charge >= 0.3 is 0 Å². The van der Waals surface area contributed by atoms with Crippen LogP contribution >= 0.6 is 0 Å². The molecule has 0 bridgehead atoms. The normalized spacial score (nSPS) is 14.1. The van der Waals surface area contributed by atoms with Gasteiger partial charge in [0.1, 0.15) is 0 Å². The molecule has 0 spiro atoms. The van der Waals surface area contributed by atoms with Crippen molar-refractivity contribution in [3.05, 3.63) is 59.7 Å². The number of anilines is 1. The molecule has 18 heavy (non-hydrogen) atoms. The Morgan fingerprint density at radius 3 is 2.44 bits per heavy atom. The molecule has 0 aliphatic heterocycles. The molecule has 94 valence electrons. The van der Waals surface area contributed by atoms with Crippen molar-refractivity contribution in [1.82, 2.24) is 0 Å². The zero-order chi connectivity index (χ0) is 13.1. The van der Waals surface area contributed by atoms with Crippen LogP contribution in [0.1, 0.15) is 23.3 Å². The Balaban J connectivity index is 2.34. The molecule has 2 aromatic rings. The van der Waals surface area contributed by atoms with E-state index in [1.165, 1.54) is 0 Å². The van der Waals surface area contributed by atoms with Crippen LogP contribution in [0.25, 0.3) is 0 Å². The van der Waals surface area contributed by atoms with Crippen LogP contribution in [0.5, 0.6) is 0 Å². The van der Waals surface area contributed by atoms with Gasteiger partial charge in [0.05, 0.1) is 20.9 Å². The average molecular weight is 259 g/mol. The maximum absolute atomic E-state index is 12.5. The standard InChI is InChI=1S/C15H17NOS/c1-11-8-9-14(16)15(10-11)18(17)12(2)13-6-4-3-5-7-13/h3-10,12H,16H2,1-2H3. The molecule has 2 atom stereocenters. The summed E-state index contributed by atoms with van der Waals surface area (Å²) in [5.41, 5.74) is 8.66. The van der Waals surface area contributed by atoms with Crippen LogP contribution in [-0.2, 0) is 10.8 Å². The van der Waals surface area contributed by atoms with Crippen molar-refractivity contribution in [3.8, 4) is 0 Å². The molecule has 0 saturated heterocycles. The fourth-order valence-corrected chi connectivity index (χ4v) is 3.24. The highest BCUT2D eigenvalue weighted by Gasteiger charge is 2.17. The first-order valence-corrected chi connectivity index (χ1v) is 7.12. The van der Waals surface area contributed by atoms with Crippen LogP contribution in [-0.4, -0.2) is 4.21 Å². The van der Waals surface area contributed by atoms with Gasteiger partial charge < -0.3 is 5.73 Å². The summed E-state index contributed by atoms with van der Waals surface area (Å²) in [6.45, 7) is 3.94. The van der Waals surface area contributed by atoms with Gasteiger partial charge in [0.15, 0.2) is 0 Å². The maximum atomic E-state index is 12.5. The van der Waals surface area contributed by atoms with E-state index in [0.717, 1.165) is 16.0 Å². The van der Waals surface area contributed by atoms with Gasteiger partial charge in [-0.2, -0.15) is 0 Å². The van der Waals surface area contributed by atoms with Crippen LogP contribution in [0.2, 0.25) is 0 Å². The second-order valence-electron chi connectivity index (χ2n) is 4.39. The van der Waals surface area contributed by atoms with Gasteiger partial charge in [-0.1, -0.05) is 36.4 Å². The van der Waals surface area contributed by atoms with E-state index >= 15 is 0 Å². The minimum atomic E-state index is -1.13. The molecule has 0 aliphatic rings. The van der Waals surface area contributed by atoms with Crippen molar-refractivity contribution < 1.29 is 4.21 Å². The summed E-state index contributed by atoms with van der Waals surface area (Å²) in [7, 11) is -1.13. The summed E-state index contributed by atoms with van der Waals surface area (Å²) in [6, 6.07) is 15.5. The van der Waals surface area contributed by atoms with Crippen molar-refractivity contribution in [2.45, 2.75) is 24.0 Å². The highest BCUT2D eigenvalue weighted by molar-refractivity contribution is 7.85. The number of benzene rings is 2. The molecule has 2 unspecified atom stereocenters. The minimum Gasteiger partial charge on any atom is -0.398 e. The third kappa shape index (κ3) is 2.62. The van der Waals surface area contributed by atoms with Gasteiger partial charge in [0, 0.05) is 5.69 Å². The van der Waals surface area contributed by atoms with Gasteiger partial charge in [-0.15, -0.1) is 0 Å². The number of hydrogen-bond acceptors (Lipinski definition) is 2. The van der Waals surface area contributed by atoms with Crippen LogP contribution in [0.3, 0.4) is 0 Å². The van der Waals surface area contributed by atoms with E-state index in [1.807, 2.05) is 62.4 Å². The summed E-state index contributed by atoms with van der Waals surface area (Å²) in [5, 5.41) is -0.0599. The lowest BCUT2D eigenvalue weighted by Crippen LogP contribution is -2.06. The smallest absolute Gasteiger partial charge is 0.0626 e. The zero-order valence-electron chi connectivity index (χ0n) is 10.6. The molecule has 0 saturated carbocycles. The van der Waals surface area contributed by atoms with E-state index in [-0.39, 0.29) is 5.25 Å². The van der Waals surface area contributed by atoms with Crippen molar-refractivity contribution in [3.63, 3.8) is 0 Å². The second-order valence-corrected chi connectivity index (χ2v) is 6.13. The van der Waals surface area contributed by atoms with Crippen molar-refractivity contribution in [2.75, 3.05) is 5.73 Å². The van der Waals surface area contributed by atoms with Gasteiger partial charge in [0.2, 0.25) is 0 Å². The molecule has 0 heterocycles. The van der Waals surface area contributed by atoms with Crippen molar-refractivity contribution in [1.29, 1.82) is 0 Å². The van der Waals surface area contributed by atoms with Gasteiger partial charge in [-0.3, -0.25) is 4.21 Å². The Hall–Kier alpha value is -1.61. The van der Waals surface area contributed by atoms with Crippen molar-refractivity contribution in [2.24, 2.45) is 0 Å². The predicted molar refractivity (Wildman–Crippen MR) is 76.9 cm³/mol. The molecule has 2 nitrogen and oxygen atoms in total. The third-order valence-corrected chi connectivity index (χ3v) is 4.68. The van der Waals surface area contributed by atoms with E-state index in [1.54, 1.807) is 0 Å². The lowest BCUT2D eigenvalue weighted by Gasteiger charge is -2.14. The Kier molecular flexibility index (Phi) is 3.82. The number of aryl methyl sites for hydroxylation is 1. The Morgan fingerprint density at radius 1 is 1.11 bits per heavy atom. The Bertz CT molecular complexity index is 566. The molecule has 0 amide bonds. The average Bonchev–Trinajstić information content (AvgIpc) is 2.41. The summed E-state index contributed by atoms with van der Waals surface area (Å²) >= 11 is 0. The van der Waals surface area contributed by atoms with E-state index in [0.29, 0.717) is 5.69 Å². The number of nitrogen functional groups attached to an aromatic ring is 1. The molecule has 0 aromatic heterocycles.